The van der Waals surface area contributed by atoms with Crippen molar-refractivity contribution < 1.29 is 4.52 Å². The van der Waals surface area contributed by atoms with Crippen molar-refractivity contribution >= 4 is 11.8 Å². The predicted molar refractivity (Wildman–Crippen MR) is 116 cm³/mol. The van der Waals surface area contributed by atoms with Gasteiger partial charge in [-0.2, -0.15) is 0 Å². The molecule has 0 saturated carbocycles. The number of aromatic nitrogens is 2. The number of pyridine rings is 1. The molecule has 0 atom stereocenters. The maximum Gasteiger partial charge on any atom is 0.191 e. The molecule has 3 heterocycles. The molecule has 0 unspecified atom stereocenters. The molecule has 2 aromatic rings. The lowest BCUT2D eigenvalue weighted by molar-refractivity contribution is 0.270. The second-order valence-electron chi connectivity index (χ2n) is 7.60. The molecule has 8 nitrogen and oxygen atoms in total. The third-order valence-electron chi connectivity index (χ3n) is 5.24. The van der Waals surface area contributed by atoms with E-state index in [-0.39, 0.29) is 0 Å². The first-order chi connectivity index (χ1) is 14.1. The van der Waals surface area contributed by atoms with Crippen molar-refractivity contribution in [2.45, 2.75) is 39.8 Å². The molecule has 0 radical (unpaired) electrons. The second kappa shape index (κ2) is 10.2. The Bertz CT molecular complexity index is 794. The van der Waals surface area contributed by atoms with Crippen LogP contribution in [-0.2, 0) is 13.1 Å². The molecule has 1 aliphatic heterocycles. The molecule has 29 heavy (non-hydrogen) atoms. The highest BCUT2D eigenvalue weighted by molar-refractivity contribution is 5.79. The summed E-state index contributed by atoms with van der Waals surface area (Å²) in [6.07, 6.45) is 1.89. The van der Waals surface area contributed by atoms with Crippen LogP contribution < -0.4 is 15.5 Å². The van der Waals surface area contributed by atoms with Gasteiger partial charge < -0.3 is 25.0 Å². The van der Waals surface area contributed by atoms with Crippen molar-refractivity contribution in [2.24, 2.45) is 4.99 Å². The van der Waals surface area contributed by atoms with Crippen LogP contribution in [0.15, 0.2) is 33.9 Å². The highest BCUT2D eigenvalue weighted by Gasteiger charge is 2.17. The van der Waals surface area contributed by atoms with Crippen LogP contribution in [0.3, 0.4) is 0 Å². The first kappa shape index (κ1) is 21.1. The minimum absolute atomic E-state index is 0.357. The molecule has 158 valence electrons. The van der Waals surface area contributed by atoms with Crippen LogP contribution in [0.4, 0.5) is 5.82 Å². The normalized spacial score (nSPS) is 15.8. The highest BCUT2D eigenvalue weighted by atomic mass is 16.5. The summed E-state index contributed by atoms with van der Waals surface area (Å²) in [5, 5.41) is 10.7. The monoisotopic (exact) mass is 399 g/mol. The lowest BCUT2D eigenvalue weighted by atomic mass is 10.1. The average molecular weight is 400 g/mol. The van der Waals surface area contributed by atoms with Crippen LogP contribution in [0.2, 0.25) is 0 Å². The highest BCUT2D eigenvalue weighted by Crippen LogP contribution is 2.15. The molecular weight excluding hydrogens is 366 g/mol. The number of rotatable bonds is 7. The van der Waals surface area contributed by atoms with Gasteiger partial charge in [-0.1, -0.05) is 25.9 Å². The van der Waals surface area contributed by atoms with Crippen molar-refractivity contribution in [2.75, 3.05) is 44.7 Å². The van der Waals surface area contributed by atoms with Gasteiger partial charge in [-0.3, -0.25) is 4.99 Å². The number of hydrogen-bond donors (Lipinski definition) is 2. The third kappa shape index (κ3) is 5.93. The Balaban J connectivity index is 1.50. The Morgan fingerprint density at radius 1 is 1.17 bits per heavy atom. The first-order valence-electron chi connectivity index (χ1n) is 10.4. The number of guanidine groups is 1. The van der Waals surface area contributed by atoms with Gasteiger partial charge in [0.05, 0.1) is 12.2 Å². The van der Waals surface area contributed by atoms with Gasteiger partial charge in [0.25, 0.3) is 0 Å². The Labute approximate surface area is 173 Å². The van der Waals surface area contributed by atoms with E-state index in [1.165, 1.54) is 5.56 Å². The van der Waals surface area contributed by atoms with Crippen LogP contribution >= 0.6 is 0 Å². The van der Waals surface area contributed by atoms with Crippen molar-refractivity contribution in [1.29, 1.82) is 0 Å². The van der Waals surface area contributed by atoms with Crippen LogP contribution in [-0.4, -0.2) is 60.8 Å². The van der Waals surface area contributed by atoms with E-state index in [0.717, 1.165) is 56.0 Å². The first-order valence-corrected chi connectivity index (χ1v) is 10.4. The third-order valence-corrected chi connectivity index (χ3v) is 5.24. The average Bonchev–Trinajstić information content (AvgIpc) is 3.24. The minimum Gasteiger partial charge on any atom is -0.359 e. The molecule has 0 aliphatic carbocycles. The van der Waals surface area contributed by atoms with E-state index in [1.54, 1.807) is 7.05 Å². The number of piperazine rings is 1. The molecule has 1 fully saturated rings. The number of likely N-dealkylation sites (N-methyl/N-ethyl adjacent to an activating group) is 1. The summed E-state index contributed by atoms with van der Waals surface area (Å²) >= 11 is 0. The quantitative estimate of drug-likeness (QED) is 0.546. The zero-order valence-corrected chi connectivity index (χ0v) is 18.0. The Morgan fingerprint density at radius 3 is 2.59 bits per heavy atom. The van der Waals surface area contributed by atoms with Gasteiger partial charge >= 0.3 is 0 Å². The largest absolute Gasteiger partial charge is 0.359 e. The summed E-state index contributed by atoms with van der Waals surface area (Å²) in [4.78, 5) is 13.7. The second-order valence-corrected chi connectivity index (χ2v) is 7.60. The molecule has 0 bridgehead atoms. The SMILES string of the molecule is CCN1CCN(c2cc(CNC(=NC)NCc3cc(C(C)C)no3)ccn2)CC1. The van der Waals surface area contributed by atoms with E-state index >= 15 is 0 Å². The smallest absolute Gasteiger partial charge is 0.191 e. The summed E-state index contributed by atoms with van der Waals surface area (Å²) in [6.45, 7) is 13.0. The minimum atomic E-state index is 0.357. The predicted octanol–water partition coefficient (Wildman–Crippen LogP) is 2.20. The van der Waals surface area contributed by atoms with Gasteiger partial charge in [0, 0.05) is 52.0 Å². The number of aliphatic imine (C=N–C) groups is 1. The zero-order chi connectivity index (χ0) is 20.6. The van der Waals surface area contributed by atoms with E-state index in [2.05, 4.69) is 62.4 Å². The maximum absolute atomic E-state index is 5.37. The summed E-state index contributed by atoms with van der Waals surface area (Å²) in [5.41, 5.74) is 2.14. The Kier molecular flexibility index (Phi) is 7.46. The molecule has 0 spiro atoms. The summed E-state index contributed by atoms with van der Waals surface area (Å²) in [5.74, 6) is 2.93. The Morgan fingerprint density at radius 2 is 1.93 bits per heavy atom. The fraction of sp³-hybridized carbons (Fsp3) is 0.571. The van der Waals surface area contributed by atoms with E-state index in [1.807, 2.05) is 18.3 Å². The van der Waals surface area contributed by atoms with Crippen LogP contribution in [0, 0.1) is 0 Å². The number of nitrogens with zero attached hydrogens (tertiary/aromatic N) is 5. The fourth-order valence-electron chi connectivity index (χ4n) is 3.30. The number of anilines is 1. The Hall–Kier alpha value is -2.61. The molecular formula is C21H33N7O. The number of nitrogens with one attached hydrogen (secondary N) is 2. The fourth-order valence-corrected chi connectivity index (χ4v) is 3.30. The van der Waals surface area contributed by atoms with Crippen LogP contribution in [0.25, 0.3) is 0 Å². The van der Waals surface area contributed by atoms with E-state index in [0.29, 0.717) is 19.0 Å². The van der Waals surface area contributed by atoms with Crippen LogP contribution in [0.1, 0.15) is 43.7 Å². The number of hydrogen-bond acceptors (Lipinski definition) is 6. The van der Waals surface area contributed by atoms with Gasteiger partial charge in [-0.05, 0) is 30.2 Å². The van der Waals surface area contributed by atoms with Crippen molar-refractivity contribution in [3.63, 3.8) is 0 Å². The van der Waals surface area contributed by atoms with Crippen LogP contribution in [0.5, 0.6) is 0 Å². The van der Waals surface area contributed by atoms with Crippen molar-refractivity contribution in [3.05, 3.63) is 41.4 Å². The molecule has 0 amide bonds. The molecule has 2 N–H and O–H groups in total. The van der Waals surface area contributed by atoms with E-state index in [9.17, 15) is 0 Å². The van der Waals surface area contributed by atoms with Gasteiger partial charge in [0.1, 0.15) is 5.82 Å². The molecule has 8 heteroatoms. The molecule has 1 aliphatic rings. The van der Waals surface area contributed by atoms with Crippen molar-refractivity contribution in [3.8, 4) is 0 Å². The molecule has 1 saturated heterocycles. The standard InChI is InChI=1S/C21H33N7O/c1-5-27-8-10-28(11-9-27)20-12-17(6-7-23-20)14-24-21(22-4)25-15-18-13-19(16(2)3)26-29-18/h6-7,12-13,16H,5,8-11,14-15H2,1-4H3,(H2,22,24,25). The lowest BCUT2D eigenvalue weighted by Crippen LogP contribution is -2.46. The van der Waals surface area contributed by atoms with Gasteiger partial charge in [0.2, 0.25) is 0 Å². The maximum atomic E-state index is 5.37. The van der Waals surface area contributed by atoms with Gasteiger partial charge in [-0.25, -0.2) is 4.98 Å². The van der Waals surface area contributed by atoms with E-state index in [4.69, 9.17) is 4.52 Å². The molecule has 0 aromatic carbocycles. The summed E-state index contributed by atoms with van der Waals surface area (Å²) in [7, 11) is 1.76. The van der Waals surface area contributed by atoms with Gasteiger partial charge in [0.15, 0.2) is 11.7 Å². The van der Waals surface area contributed by atoms with Crippen molar-refractivity contribution in [1.82, 2.24) is 25.7 Å². The molecule has 2 aromatic heterocycles. The lowest BCUT2D eigenvalue weighted by Gasteiger charge is -2.34. The van der Waals surface area contributed by atoms with Gasteiger partial charge in [-0.15, -0.1) is 0 Å². The molecule has 3 rings (SSSR count). The zero-order valence-electron chi connectivity index (χ0n) is 18.0. The van der Waals surface area contributed by atoms with E-state index < -0.39 is 0 Å². The topological polar surface area (TPSA) is 81.8 Å². The summed E-state index contributed by atoms with van der Waals surface area (Å²) < 4.78 is 5.37. The summed E-state index contributed by atoms with van der Waals surface area (Å²) in [6, 6.07) is 6.18.